The molecular formula is C16H21F2N3. The summed E-state index contributed by atoms with van der Waals surface area (Å²) in [6.45, 7) is 4.86. The molecule has 2 rings (SSSR count). The van der Waals surface area contributed by atoms with Crippen LogP contribution in [0.3, 0.4) is 0 Å². The molecule has 5 heteroatoms. The number of aryl methyl sites for hydroxylation is 2. The van der Waals surface area contributed by atoms with Gasteiger partial charge in [-0.2, -0.15) is 5.10 Å². The quantitative estimate of drug-likeness (QED) is 0.886. The van der Waals surface area contributed by atoms with E-state index < -0.39 is 11.6 Å². The van der Waals surface area contributed by atoms with Crippen molar-refractivity contribution in [3.05, 3.63) is 52.9 Å². The molecule has 0 saturated heterocycles. The van der Waals surface area contributed by atoms with E-state index in [9.17, 15) is 8.78 Å². The Kier molecular flexibility index (Phi) is 5.07. The third kappa shape index (κ3) is 3.67. The fourth-order valence-electron chi connectivity index (χ4n) is 2.51. The maximum Gasteiger partial charge on any atom is 0.126 e. The van der Waals surface area contributed by atoms with Crippen molar-refractivity contribution in [3.63, 3.8) is 0 Å². The summed E-state index contributed by atoms with van der Waals surface area (Å²) >= 11 is 0. The molecule has 0 saturated carbocycles. The Hall–Kier alpha value is -1.75. The van der Waals surface area contributed by atoms with Crippen LogP contribution in [0.2, 0.25) is 0 Å². The van der Waals surface area contributed by atoms with E-state index in [0.29, 0.717) is 12.0 Å². The third-order valence-electron chi connectivity index (χ3n) is 3.59. The van der Waals surface area contributed by atoms with Crippen LogP contribution in [0.1, 0.15) is 36.8 Å². The molecule has 2 aromatic rings. The lowest BCUT2D eigenvalue weighted by Crippen LogP contribution is -2.22. The van der Waals surface area contributed by atoms with Crippen molar-refractivity contribution in [2.75, 3.05) is 7.05 Å². The summed E-state index contributed by atoms with van der Waals surface area (Å²) in [6, 6.07) is 5.67. The van der Waals surface area contributed by atoms with Crippen LogP contribution < -0.4 is 5.32 Å². The second-order valence-corrected chi connectivity index (χ2v) is 5.05. The van der Waals surface area contributed by atoms with E-state index in [4.69, 9.17) is 0 Å². The average Bonchev–Trinajstić information content (AvgIpc) is 2.87. The van der Waals surface area contributed by atoms with Gasteiger partial charge in [0.1, 0.15) is 11.6 Å². The Labute approximate surface area is 124 Å². The smallest absolute Gasteiger partial charge is 0.126 e. The molecule has 0 aliphatic heterocycles. The first kappa shape index (κ1) is 15.6. The molecule has 0 aliphatic carbocycles. The van der Waals surface area contributed by atoms with Crippen molar-refractivity contribution in [1.82, 2.24) is 15.1 Å². The highest BCUT2D eigenvalue weighted by Crippen LogP contribution is 2.21. The Morgan fingerprint density at radius 1 is 1.14 bits per heavy atom. The van der Waals surface area contributed by atoms with Crippen molar-refractivity contribution < 1.29 is 8.78 Å². The lowest BCUT2D eigenvalue weighted by atomic mass is 10.0. The zero-order valence-corrected chi connectivity index (χ0v) is 12.7. The van der Waals surface area contributed by atoms with Crippen molar-refractivity contribution in [2.24, 2.45) is 0 Å². The van der Waals surface area contributed by atoms with E-state index in [1.807, 2.05) is 18.7 Å². The molecule has 0 radical (unpaired) electrons. The van der Waals surface area contributed by atoms with Gasteiger partial charge >= 0.3 is 0 Å². The van der Waals surface area contributed by atoms with Crippen LogP contribution >= 0.6 is 0 Å². The molecular weight excluding hydrogens is 272 g/mol. The number of likely N-dealkylation sites (N-methyl/N-ethyl adjacent to an activating group) is 1. The molecule has 0 aliphatic rings. The first-order valence-electron chi connectivity index (χ1n) is 7.26. The van der Waals surface area contributed by atoms with Crippen LogP contribution in [0.4, 0.5) is 8.78 Å². The highest BCUT2D eigenvalue weighted by atomic mass is 19.1. The van der Waals surface area contributed by atoms with Crippen molar-refractivity contribution >= 4 is 0 Å². The topological polar surface area (TPSA) is 29.9 Å². The Balaban J connectivity index is 2.29. The number of halogens is 2. The van der Waals surface area contributed by atoms with Crippen LogP contribution in [0, 0.1) is 11.6 Å². The number of hydrogen-bond donors (Lipinski definition) is 1. The van der Waals surface area contributed by atoms with Gasteiger partial charge in [0, 0.05) is 12.6 Å². The fraction of sp³-hybridized carbons (Fsp3) is 0.438. The Morgan fingerprint density at radius 2 is 1.81 bits per heavy atom. The number of nitrogens with zero attached hydrogens (tertiary/aromatic N) is 2. The Morgan fingerprint density at radius 3 is 2.33 bits per heavy atom. The summed E-state index contributed by atoms with van der Waals surface area (Å²) in [5, 5.41) is 7.73. The van der Waals surface area contributed by atoms with Gasteiger partial charge in [0.15, 0.2) is 0 Å². The van der Waals surface area contributed by atoms with Gasteiger partial charge in [0.25, 0.3) is 0 Å². The largest absolute Gasteiger partial charge is 0.311 e. The van der Waals surface area contributed by atoms with Crippen molar-refractivity contribution in [2.45, 2.75) is 39.3 Å². The van der Waals surface area contributed by atoms with Gasteiger partial charge in [0.05, 0.1) is 17.4 Å². The summed E-state index contributed by atoms with van der Waals surface area (Å²) in [5.41, 5.74) is 2.70. The van der Waals surface area contributed by atoms with Crippen LogP contribution in [-0.4, -0.2) is 16.8 Å². The first-order chi connectivity index (χ1) is 10.1. The maximum absolute atomic E-state index is 13.3. The molecule has 0 bridgehead atoms. The summed E-state index contributed by atoms with van der Waals surface area (Å²) in [7, 11) is 1.85. The molecule has 1 aromatic heterocycles. The number of hydrogen-bond acceptors (Lipinski definition) is 2. The van der Waals surface area contributed by atoms with E-state index in [0.717, 1.165) is 30.4 Å². The van der Waals surface area contributed by atoms with Gasteiger partial charge in [-0.1, -0.05) is 6.92 Å². The number of aromatic nitrogens is 2. The van der Waals surface area contributed by atoms with Crippen LogP contribution in [0.15, 0.2) is 24.3 Å². The second kappa shape index (κ2) is 6.80. The van der Waals surface area contributed by atoms with Crippen LogP contribution in [-0.2, 0) is 19.4 Å². The second-order valence-electron chi connectivity index (χ2n) is 5.05. The van der Waals surface area contributed by atoms with Gasteiger partial charge in [-0.15, -0.1) is 0 Å². The van der Waals surface area contributed by atoms with E-state index in [1.54, 1.807) is 0 Å². The molecule has 1 N–H and O–H groups in total. The highest BCUT2D eigenvalue weighted by Gasteiger charge is 2.17. The molecule has 3 nitrogen and oxygen atoms in total. The fourth-order valence-corrected chi connectivity index (χ4v) is 2.51. The van der Waals surface area contributed by atoms with Gasteiger partial charge in [-0.05, 0) is 50.6 Å². The molecule has 1 heterocycles. The summed E-state index contributed by atoms with van der Waals surface area (Å²) < 4.78 is 28.6. The molecule has 1 atom stereocenters. The highest BCUT2D eigenvalue weighted by molar-refractivity contribution is 5.22. The lowest BCUT2D eigenvalue weighted by Gasteiger charge is -2.17. The summed E-state index contributed by atoms with van der Waals surface area (Å²) in [5.74, 6) is -1.09. The van der Waals surface area contributed by atoms with Crippen molar-refractivity contribution in [1.29, 1.82) is 0 Å². The molecule has 21 heavy (non-hydrogen) atoms. The SMILES string of the molecule is CCc1cc(C(Cc2cc(F)cc(F)c2)NC)n(CC)n1. The monoisotopic (exact) mass is 293 g/mol. The lowest BCUT2D eigenvalue weighted by molar-refractivity contribution is 0.508. The van der Waals surface area contributed by atoms with E-state index in [1.165, 1.54) is 12.1 Å². The maximum atomic E-state index is 13.3. The van der Waals surface area contributed by atoms with E-state index in [2.05, 4.69) is 23.4 Å². The normalized spacial score (nSPS) is 12.6. The van der Waals surface area contributed by atoms with E-state index in [-0.39, 0.29) is 6.04 Å². The predicted octanol–water partition coefficient (Wildman–Crippen LogP) is 3.25. The van der Waals surface area contributed by atoms with Gasteiger partial charge in [-0.3, -0.25) is 4.68 Å². The molecule has 0 amide bonds. The molecule has 1 aromatic carbocycles. The predicted molar refractivity (Wildman–Crippen MR) is 79.1 cm³/mol. The molecule has 114 valence electrons. The minimum absolute atomic E-state index is 0.0288. The minimum Gasteiger partial charge on any atom is -0.311 e. The zero-order valence-electron chi connectivity index (χ0n) is 12.7. The van der Waals surface area contributed by atoms with Gasteiger partial charge < -0.3 is 5.32 Å². The van der Waals surface area contributed by atoms with Crippen molar-refractivity contribution in [3.8, 4) is 0 Å². The summed E-state index contributed by atoms with van der Waals surface area (Å²) in [6.07, 6.45) is 1.38. The molecule has 1 unspecified atom stereocenters. The van der Waals surface area contributed by atoms with Crippen LogP contribution in [0.25, 0.3) is 0 Å². The zero-order chi connectivity index (χ0) is 15.4. The molecule has 0 fully saturated rings. The Bertz CT molecular complexity index is 587. The third-order valence-corrected chi connectivity index (χ3v) is 3.59. The van der Waals surface area contributed by atoms with Gasteiger partial charge in [0.2, 0.25) is 0 Å². The van der Waals surface area contributed by atoms with Crippen LogP contribution in [0.5, 0.6) is 0 Å². The molecule has 0 spiro atoms. The summed E-state index contributed by atoms with van der Waals surface area (Å²) in [4.78, 5) is 0. The van der Waals surface area contributed by atoms with E-state index >= 15 is 0 Å². The van der Waals surface area contributed by atoms with Gasteiger partial charge in [-0.25, -0.2) is 8.78 Å². The minimum atomic E-state index is -0.543. The number of benzene rings is 1. The number of rotatable bonds is 6. The standard InChI is InChI=1S/C16H21F2N3/c1-4-14-10-16(21(5-2)20-14)15(19-3)8-11-6-12(17)9-13(18)7-11/h6-7,9-10,15,19H,4-5,8H2,1-3H3. The number of nitrogens with one attached hydrogen (secondary N) is 1. The average molecular weight is 293 g/mol. The first-order valence-corrected chi connectivity index (χ1v) is 7.26.